The zero-order valence-electron chi connectivity index (χ0n) is 13.9. The number of thiophene rings is 1. The predicted molar refractivity (Wildman–Crippen MR) is 93.8 cm³/mol. The van der Waals surface area contributed by atoms with Gasteiger partial charge in [0.1, 0.15) is 5.76 Å². The van der Waals surface area contributed by atoms with Gasteiger partial charge in [-0.05, 0) is 56.9 Å². The van der Waals surface area contributed by atoms with Crippen LogP contribution in [0.4, 0.5) is 4.79 Å². The Kier molecular flexibility index (Phi) is 5.58. The number of amides is 2. The van der Waals surface area contributed by atoms with Crippen LogP contribution in [0.3, 0.4) is 0 Å². The molecule has 0 spiro atoms. The average molecular weight is 348 g/mol. The van der Waals surface area contributed by atoms with E-state index in [-0.39, 0.29) is 18.2 Å². The third-order valence-corrected chi connectivity index (χ3v) is 5.37. The fourth-order valence-corrected chi connectivity index (χ4v) is 3.94. The summed E-state index contributed by atoms with van der Waals surface area (Å²) in [5.74, 6) is 0.775. The fraction of sp³-hybridized carbons (Fsp3) is 0.500. The lowest BCUT2D eigenvalue weighted by Crippen LogP contribution is -2.45. The summed E-state index contributed by atoms with van der Waals surface area (Å²) >= 11 is 1.71. The quantitative estimate of drug-likeness (QED) is 0.866. The van der Waals surface area contributed by atoms with Crippen molar-refractivity contribution in [3.8, 4) is 0 Å². The van der Waals surface area contributed by atoms with E-state index >= 15 is 0 Å². The van der Waals surface area contributed by atoms with Gasteiger partial charge < -0.3 is 19.7 Å². The van der Waals surface area contributed by atoms with Crippen LogP contribution in [0.25, 0.3) is 0 Å². The number of carbonyl (C=O) groups excluding carboxylic acids is 1. The van der Waals surface area contributed by atoms with Gasteiger partial charge in [-0.1, -0.05) is 0 Å². The Morgan fingerprint density at radius 1 is 1.29 bits per heavy atom. The van der Waals surface area contributed by atoms with Crippen molar-refractivity contribution in [3.63, 3.8) is 0 Å². The number of rotatable bonds is 5. The highest BCUT2D eigenvalue weighted by molar-refractivity contribution is 7.11. The van der Waals surface area contributed by atoms with Crippen molar-refractivity contribution in [2.45, 2.75) is 57.8 Å². The number of nitrogens with one attached hydrogen (secondary N) is 1. The molecule has 3 rings (SSSR count). The van der Waals surface area contributed by atoms with Crippen LogP contribution in [0.1, 0.15) is 41.2 Å². The molecule has 5 nitrogen and oxygen atoms in total. The minimum atomic E-state index is -0.216. The van der Waals surface area contributed by atoms with Crippen LogP contribution in [0, 0.1) is 6.92 Å². The number of hydrogen-bond acceptors (Lipinski definition) is 4. The summed E-state index contributed by atoms with van der Waals surface area (Å²) in [6.45, 7) is 3.09. The zero-order valence-corrected chi connectivity index (χ0v) is 14.7. The molecule has 0 aliphatic heterocycles. The van der Waals surface area contributed by atoms with E-state index in [1.165, 1.54) is 4.88 Å². The smallest absolute Gasteiger partial charge is 0.318 e. The molecule has 0 atom stereocenters. The highest BCUT2D eigenvalue weighted by Gasteiger charge is 2.24. The highest BCUT2D eigenvalue weighted by Crippen LogP contribution is 2.21. The van der Waals surface area contributed by atoms with Gasteiger partial charge in [0.15, 0.2) is 0 Å². The Morgan fingerprint density at radius 3 is 2.71 bits per heavy atom. The van der Waals surface area contributed by atoms with Gasteiger partial charge in [-0.15, -0.1) is 11.3 Å². The number of aryl methyl sites for hydroxylation is 1. The van der Waals surface area contributed by atoms with Gasteiger partial charge in [0, 0.05) is 15.8 Å². The molecule has 130 valence electrons. The van der Waals surface area contributed by atoms with E-state index in [9.17, 15) is 9.90 Å². The lowest BCUT2D eigenvalue weighted by Gasteiger charge is -2.29. The Labute approximate surface area is 146 Å². The lowest BCUT2D eigenvalue weighted by atomic mass is 9.93. The Bertz CT molecular complexity index is 645. The first-order valence-corrected chi connectivity index (χ1v) is 9.23. The average Bonchev–Trinajstić information content (AvgIpc) is 3.21. The van der Waals surface area contributed by atoms with Crippen molar-refractivity contribution < 1.29 is 14.3 Å². The molecule has 0 aromatic carbocycles. The summed E-state index contributed by atoms with van der Waals surface area (Å²) < 4.78 is 5.41. The van der Waals surface area contributed by atoms with E-state index in [2.05, 4.69) is 24.4 Å². The molecule has 0 unspecified atom stereocenters. The van der Waals surface area contributed by atoms with Gasteiger partial charge in [-0.2, -0.15) is 0 Å². The minimum absolute atomic E-state index is 0.0705. The van der Waals surface area contributed by atoms with Crippen LogP contribution in [0.5, 0.6) is 0 Å². The first-order valence-electron chi connectivity index (χ1n) is 8.41. The second kappa shape index (κ2) is 7.85. The standard InChI is InChI=1S/C18H24N2O3S/c1-13-4-9-17(24-13)12-20(11-16-3-2-10-23-16)18(22)19-14-5-7-15(21)8-6-14/h2-4,9-10,14-15,21H,5-8,11-12H2,1H3,(H,19,22). The van der Waals surface area contributed by atoms with Crippen LogP contribution < -0.4 is 5.32 Å². The Balaban J connectivity index is 1.64. The fourth-order valence-electron chi connectivity index (χ4n) is 3.03. The summed E-state index contributed by atoms with van der Waals surface area (Å²) in [6, 6.07) is 7.94. The first-order chi connectivity index (χ1) is 11.6. The van der Waals surface area contributed by atoms with Crippen molar-refractivity contribution in [2.24, 2.45) is 0 Å². The molecule has 2 aromatic rings. The Morgan fingerprint density at radius 2 is 2.08 bits per heavy atom. The highest BCUT2D eigenvalue weighted by atomic mass is 32.1. The van der Waals surface area contributed by atoms with Crippen LogP contribution >= 0.6 is 11.3 Å². The van der Waals surface area contributed by atoms with Crippen LogP contribution in [-0.2, 0) is 13.1 Å². The molecule has 1 saturated carbocycles. The van der Waals surface area contributed by atoms with Crippen molar-refractivity contribution in [1.29, 1.82) is 0 Å². The van der Waals surface area contributed by atoms with Gasteiger partial charge in [-0.3, -0.25) is 0 Å². The second-order valence-corrected chi connectivity index (χ2v) is 7.78. The maximum atomic E-state index is 12.7. The van der Waals surface area contributed by atoms with E-state index < -0.39 is 0 Å². The number of hydrogen-bond donors (Lipinski definition) is 2. The molecule has 6 heteroatoms. The molecular formula is C18H24N2O3S. The zero-order chi connectivity index (χ0) is 16.9. The van der Waals surface area contributed by atoms with Crippen molar-refractivity contribution >= 4 is 17.4 Å². The third-order valence-electron chi connectivity index (χ3n) is 4.38. The van der Waals surface area contributed by atoms with Crippen LogP contribution in [-0.4, -0.2) is 28.2 Å². The van der Waals surface area contributed by atoms with E-state index in [1.807, 2.05) is 12.1 Å². The third kappa shape index (κ3) is 4.61. The predicted octanol–water partition coefficient (Wildman–Crippen LogP) is 3.66. The van der Waals surface area contributed by atoms with Crippen LogP contribution in [0.15, 0.2) is 34.9 Å². The normalized spacial score (nSPS) is 20.8. The largest absolute Gasteiger partial charge is 0.467 e. The van der Waals surface area contributed by atoms with Gasteiger partial charge in [0.2, 0.25) is 0 Å². The molecule has 1 fully saturated rings. The van der Waals surface area contributed by atoms with E-state index in [1.54, 1.807) is 22.5 Å². The number of furan rings is 1. The van der Waals surface area contributed by atoms with Gasteiger partial charge in [-0.25, -0.2) is 4.79 Å². The monoisotopic (exact) mass is 348 g/mol. The number of carbonyl (C=O) groups is 1. The van der Waals surface area contributed by atoms with Gasteiger partial charge in [0.25, 0.3) is 0 Å². The lowest BCUT2D eigenvalue weighted by molar-refractivity contribution is 0.114. The first kappa shape index (κ1) is 17.0. The minimum Gasteiger partial charge on any atom is -0.467 e. The summed E-state index contributed by atoms with van der Waals surface area (Å²) in [4.78, 5) is 16.9. The number of aliphatic hydroxyl groups is 1. The summed E-state index contributed by atoms with van der Waals surface area (Å²) in [5.41, 5.74) is 0. The van der Waals surface area contributed by atoms with E-state index in [0.29, 0.717) is 13.1 Å². The second-order valence-electron chi connectivity index (χ2n) is 6.40. The van der Waals surface area contributed by atoms with Crippen LogP contribution in [0.2, 0.25) is 0 Å². The van der Waals surface area contributed by atoms with Gasteiger partial charge in [0.05, 0.1) is 25.5 Å². The molecule has 2 amide bonds. The molecule has 0 saturated heterocycles. The molecule has 0 bridgehead atoms. The van der Waals surface area contributed by atoms with Crippen molar-refractivity contribution in [2.75, 3.05) is 0 Å². The molecule has 0 radical (unpaired) electrons. The van der Waals surface area contributed by atoms with Crippen molar-refractivity contribution in [1.82, 2.24) is 10.2 Å². The topological polar surface area (TPSA) is 65.7 Å². The SMILES string of the molecule is Cc1ccc(CN(Cc2ccco2)C(=O)NC2CCC(O)CC2)s1. The number of nitrogens with zero attached hydrogens (tertiary/aromatic N) is 1. The molecule has 1 aliphatic rings. The number of urea groups is 1. The van der Waals surface area contributed by atoms with Crippen molar-refractivity contribution in [3.05, 3.63) is 46.0 Å². The summed E-state index contributed by atoms with van der Waals surface area (Å²) in [6.07, 6.45) is 4.59. The Hall–Kier alpha value is -1.79. The maximum Gasteiger partial charge on any atom is 0.318 e. The molecular weight excluding hydrogens is 324 g/mol. The number of aliphatic hydroxyl groups excluding tert-OH is 1. The van der Waals surface area contributed by atoms with E-state index in [4.69, 9.17) is 4.42 Å². The molecule has 2 aromatic heterocycles. The molecule has 1 aliphatic carbocycles. The molecule has 2 N–H and O–H groups in total. The van der Waals surface area contributed by atoms with E-state index in [0.717, 1.165) is 36.3 Å². The summed E-state index contributed by atoms with van der Waals surface area (Å²) in [5, 5.41) is 12.7. The van der Waals surface area contributed by atoms with Gasteiger partial charge >= 0.3 is 6.03 Å². The molecule has 24 heavy (non-hydrogen) atoms. The molecule has 2 heterocycles. The summed E-state index contributed by atoms with van der Waals surface area (Å²) in [7, 11) is 0. The maximum absolute atomic E-state index is 12.7.